The van der Waals surface area contributed by atoms with Gasteiger partial charge in [-0.15, -0.1) is 0 Å². The largest absolute Gasteiger partial charge is 0.355 e. The van der Waals surface area contributed by atoms with Crippen molar-refractivity contribution in [1.82, 2.24) is 16.0 Å². The second kappa shape index (κ2) is 8.73. The number of likely N-dealkylation sites (N-methyl/N-ethyl adjacent to an activating group) is 1. The Morgan fingerprint density at radius 1 is 1.05 bits per heavy atom. The normalized spacial score (nSPS) is 11.3. The molecule has 0 aromatic heterocycles. The summed E-state index contributed by atoms with van der Waals surface area (Å²) in [5.74, 6) is -0.731. The van der Waals surface area contributed by atoms with Crippen LogP contribution in [0, 0.1) is 0 Å². The van der Waals surface area contributed by atoms with Gasteiger partial charge in [-0.3, -0.25) is 14.4 Å². The van der Waals surface area contributed by atoms with Crippen LogP contribution in [0.25, 0.3) is 0 Å². The van der Waals surface area contributed by atoms with Crippen molar-refractivity contribution in [2.75, 3.05) is 13.1 Å². The van der Waals surface area contributed by atoms with Gasteiger partial charge in [0.1, 0.15) is 0 Å². The fraction of sp³-hybridized carbons (Fsp3) is 0.400. The summed E-state index contributed by atoms with van der Waals surface area (Å²) in [7, 11) is 0. The quantitative estimate of drug-likeness (QED) is 0.684. The van der Waals surface area contributed by atoms with E-state index in [1.54, 1.807) is 0 Å². The van der Waals surface area contributed by atoms with E-state index in [0.29, 0.717) is 6.54 Å². The number of hydrogen-bond donors (Lipinski definition) is 3. The van der Waals surface area contributed by atoms with E-state index >= 15 is 0 Å². The Kier molecular flexibility index (Phi) is 6.94. The van der Waals surface area contributed by atoms with E-state index in [0.717, 1.165) is 5.56 Å². The monoisotopic (exact) mass is 291 g/mol. The molecule has 0 fully saturated rings. The maximum absolute atomic E-state index is 11.9. The van der Waals surface area contributed by atoms with Crippen LogP contribution in [-0.2, 0) is 14.4 Å². The van der Waals surface area contributed by atoms with Gasteiger partial charge in [0.15, 0.2) is 0 Å². The van der Waals surface area contributed by atoms with Crippen LogP contribution in [0.3, 0.4) is 0 Å². The fourth-order valence-electron chi connectivity index (χ4n) is 1.88. The summed E-state index contributed by atoms with van der Waals surface area (Å²) < 4.78 is 0. The third kappa shape index (κ3) is 6.56. The Hall–Kier alpha value is -2.37. The lowest BCUT2D eigenvalue weighted by atomic mass is 10.0. The first-order valence-corrected chi connectivity index (χ1v) is 6.88. The molecule has 0 spiro atoms. The first kappa shape index (κ1) is 16.7. The summed E-state index contributed by atoms with van der Waals surface area (Å²) >= 11 is 0. The molecule has 21 heavy (non-hydrogen) atoms. The minimum Gasteiger partial charge on any atom is -0.355 e. The highest BCUT2D eigenvalue weighted by atomic mass is 16.2. The van der Waals surface area contributed by atoms with E-state index in [9.17, 15) is 14.4 Å². The van der Waals surface area contributed by atoms with Crippen LogP contribution < -0.4 is 16.0 Å². The summed E-state index contributed by atoms with van der Waals surface area (Å²) in [6.07, 6.45) is 0.0863. The number of rotatable bonds is 7. The zero-order chi connectivity index (χ0) is 15.7. The van der Waals surface area contributed by atoms with Crippen molar-refractivity contribution in [3.05, 3.63) is 35.9 Å². The van der Waals surface area contributed by atoms with Crippen LogP contribution >= 0.6 is 0 Å². The Bertz CT molecular complexity index is 488. The lowest BCUT2D eigenvalue weighted by Gasteiger charge is -2.18. The molecule has 0 aliphatic heterocycles. The molecule has 3 N–H and O–H groups in total. The first-order valence-electron chi connectivity index (χ1n) is 6.88. The minimum atomic E-state index is -0.405. The third-order valence-electron chi connectivity index (χ3n) is 2.79. The molecule has 0 bridgehead atoms. The lowest BCUT2D eigenvalue weighted by molar-refractivity contribution is -0.126. The molecule has 3 amide bonds. The van der Waals surface area contributed by atoms with Gasteiger partial charge in [-0.25, -0.2) is 0 Å². The molecule has 1 aromatic rings. The van der Waals surface area contributed by atoms with Gasteiger partial charge in [0, 0.05) is 13.5 Å². The molecular weight excluding hydrogens is 270 g/mol. The molecule has 1 atom stereocenters. The second-order valence-electron chi connectivity index (χ2n) is 4.60. The molecule has 0 radical (unpaired) electrons. The minimum absolute atomic E-state index is 0.0613. The Morgan fingerprint density at radius 3 is 2.29 bits per heavy atom. The highest BCUT2D eigenvalue weighted by Crippen LogP contribution is 2.16. The fourth-order valence-corrected chi connectivity index (χ4v) is 1.88. The van der Waals surface area contributed by atoms with Crippen LogP contribution in [0.4, 0.5) is 0 Å². The predicted molar refractivity (Wildman–Crippen MR) is 79.3 cm³/mol. The summed E-state index contributed by atoms with van der Waals surface area (Å²) in [6.45, 7) is 3.67. The lowest BCUT2D eigenvalue weighted by Crippen LogP contribution is -2.38. The van der Waals surface area contributed by atoms with E-state index in [-0.39, 0.29) is 30.7 Å². The van der Waals surface area contributed by atoms with Crippen molar-refractivity contribution in [2.24, 2.45) is 0 Å². The molecule has 1 rings (SSSR count). The molecule has 0 aliphatic rings. The SMILES string of the molecule is CCNC(=O)CNC(=O)C[C@@H](NC(C)=O)c1ccccc1. The first-order chi connectivity index (χ1) is 10.0. The standard InChI is InChI=1S/C15H21N3O3/c1-3-16-15(21)10-17-14(20)9-13(18-11(2)19)12-7-5-4-6-8-12/h4-8,13H,3,9-10H2,1-2H3,(H,16,21)(H,17,20)(H,18,19)/t13-/m1/s1. The number of carbonyl (C=O) groups excluding carboxylic acids is 3. The summed E-state index contributed by atoms with van der Waals surface area (Å²) in [5, 5.41) is 7.87. The molecule has 0 aliphatic carbocycles. The zero-order valence-electron chi connectivity index (χ0n) is 12.3. The maximum Gasteiger partial charge on any atom is 0.239 e. The molecule has 6 nitrogen and oxygen atoms in total. The summed E-state index contributed by atoms with van der Waals surface area (Å²) in [5.41, 5.74) is 0.848. The van der Waals surface area contributed by atoms with Crippen LogP contribution in [0.2, 0.25) is 0 Å². The average molecular weight is 291 g/mol. The number of benzene rings is 1. The van der Waals surface area contributed by atoms with Crippen molar-refractivity contribution in [2.45, 2.75) is 26.3 Å². The molecule has 1 aromatic carbocycles. The molecular formula is C15H21N3O3. The van der Waals surface area contributed by atoms with Gasteiger partial charge in [0.05, 0.1) is 19.0 Å². The number of nitrogens with one attached hydrogen (secondary N) is 3. The molecule has 0 saturated carbocycles. The van der Waals surface area contributed by atoms with Crippen molar-refractivity contribution in [3.8, 4) is 0 Å². The Morgan fingerprint density at radius 2 is 1.71 bits per heavy atom. The maximum atomic E-state index is 11.9. The summed E-state index contributed by atoms with van der Waals surface area (Å²) in [4.78, 5) is 34.4. The molecule has 0 unspecified atom stereocenters. The molecule has 6 heteroatoms. The van der Waals surface area contributed by atoms with Crippen LogP contribution in [0.1, 0.15) is 31.9 Å². The van der Waals surface area contributed by atoms with E-state index in [1.807, 2.05) is 37.3 Å². The van der Waals surface area contributed by atoms with E-state index in [4.69, 9.17) is 0 Å². The zero-order valence-corrected chi connectivity index (χ0v) is 12.3. The van der Waals surface area contributed by atoms with E-state index in [2.05, 4.69) is 16.0 Å². The van der Waals surface area contributed by atoms with Crippen LogP contribution in [-0.4, -0.2) is 30.8 Å². The molecule has 0 saturated heterocycles. The number of carbonyl (C=O) groups is 3. The highest BCUT2D eigenvalue weighted by molar-refractivity contribution is 5.85. The van der Waals surface area contributed by atoms with Gasteiger partial charge in [0.2, 0.25) is 17.7 Å². The average Bonchev–Trinajstić information content (AvgIpc) is 2.45. The Labute approximate surface area is 124 Å². The summed E-state index contributed by atoms with van der Waals surface area (Å²) in [6, 6.07) is 8.84. The smallest absolute Gasteiger partial charge is 0.239 e. The predicted octanol–water partition coefficient (Wildman–Crippen LogP) is 0.506. The van der Waals surface area contributed by atoms with Gasteiger partial charge in [-0.1, -0.05) is 30.3 Å². The van der Waals surface area contributed by atoms with Crippen LogP contribution in [0.5, 0.6) is 0 Å². The molecule has 0 heterocycles. The van der Waals surface area contributed by atoms with Crippen molar-refractivity contribution in [3.63, 3.8) is 0 Å². The van der Waals surface area contributed by atoms with Gasteiger partial charge in [-0.05, 0) is 12.5 Å². The Balaban J connectivity index is 2.58. The molecule has 114 valence electrons. The number of hydrogen-bond acceptors (Lipinski definition) is 3. The van der Waals surface area contributed by atoms with Gasteiger partial charge < -0.3 is 16.0 Å². The second-order valence-corrected chi connectivity index (χ2v) is 4.60. The van der Waals surface area contributed by atoms with Crippen molar-refractivity contribution in [1.29, 1.82) is 0 Å². The van der Waals surface area contributed by atoms with Gasteiger partial charge in [0.25, 0.3) is 0 Å². The van der Waals surface area contributed by atoms with Crippen molar-refractivity contribution >= 4 is 17.7 Å². The highest BCUT2D eigenvalue weighted by Gasteiger charge is 2.17. The third-order valence-corrected chi connectivity index (χ3v) is 2.79. The van der Waals surface area contributed by atoms with E-state index < -0.39 is 6.04 Å². The van der Waals surface area contributed by atoms with E-state index in [1.165, 1.54) is 6.92 Å². The van der Waals surface area contributed by atoms with Crippen LogP contribution in [0.15, 0.2) is 30.3 Å². The van der Waals surface area contributed by atoms with Gasteiger partial charge in [-0.2, -0.15) is 0 Å². The topological polar surface area (TPSA) is 87.3 Å². The van der Waals surface area contributed by atoms with Crippen molar-refractivity contribution < 1.29 is 14.4 Å². The van der Waals surface area contributed by atoms with Gasteiger partial charge >= 0.3 is 0 Å². The number of amides is 3.